The molecule has 7 nitrogen and oxygen atoms in total. The number of morpholine rings is 1. The van der Waals surface area contributed by atoms with E-state index in [0.717, 1.165) is 47.5 Å². The van der Waals surface area contributed by atoms with Crippen LogP contribution in [0.4, 0.5) is 5.69 Å². The van der Waals surface area contributed by atoms with Crippen molar-refractivity contribution in [3.8, 4) is 16.5 Å². The molecule has 3 aromatic rings. The Morgan fingerprint density at radius 1 is 1.17 bits per heavy atom. The second-order valence-electron chi connectivity index (χ2n) is 8.49. The molecule has 1 saturated heterocycles. The lowest BCUT2D eigenvalue weighted by Gasteiger charge is -2.29. The van der Waals surface area contributed by atoms with Gasteiger partial charge in [0.2, 0.25) is 0 Å². The minimum absolute atomic E-state index is 0.128. The monoisotopic (exact) mass is 511 g/mol. The summed E-state index contributed by atoms with van der Waals surface area (Å²) in [6.07, 6.45) is -0.377. The summed E-state index contributed by atoms with van der Waals surface area (Å²) in [6, 6.07) is 18.4. The highest BCUT2D eigenvalue weighted by Gasteiger charge is 2.22. The second-order valence-corrected chi connectivity index (χ2v) is 11.3. The van der Waals surface area contributed by atoms with Gasteiger partial charge in [0.1, 0.15) is 6.07 Å². The number of aliphatic hydroxyl groups excluding tert-OH is 1. The molecule has 1 aliphatic rings. The smallest absolute Gasteiger partial charge is 0.251 e. The van der Waals surface area contributed by atoms with E-state index in [2.05, 4.69) is 46.0 Å². The van der Waals surface area contributed by atoms with Crippen LogP contribution in [0.5, 0.6) is 0 Å². The number of allylic oxidation sites excluding steroid dienone is 2. The third kappa shape index (κ3) is 5.74. The topological polar surface area (TPSA) is 103 Å². The molecule has 0 spiro atoms. The molecular formula is C26H29N3O4S2. The summed E-state index contributed by atoms with van der Waals surface area (Å²) < 4.78 is 33.1. The molecule has 1 aliphatic heterocycles. The number of thiophene rings is 1. The van der Waals surface area contributed by atoms with E-state index in [-0.39, 0.29) is 11.4 Å². The number of fused-ring (bicyclic) bond motifs is 1. The fourth-order valence-corrected chi connectivity index (χ4v) is 6.24. The van der Waals surface area contributed by atoms with E-state index in [1.165, 1.54) is 17.0 Å². The predicted molar refractivity (Wildman–Crippen MR) is 142 cm³/mol. The molecule has 35 heavy (non-hydrogen) atoms. The third-order valence-corrected chi connectivity index (χ3v) is 8.89. The van der Waals surface area contributed by atoms with Crippen molar-refractivity contribution in [3.63, 3.8) is 0 Å². The SMILES string of the molecule is CCC(O)CNS(=O)(=O)/C(C#N)=C(\C)c1ccc(-c2ccc3cc(N4CCOCC4)ccc3c2)s1. The van der Waals surface area contributed by atoms with Crippen LogP contribution in [0.2, 0.25) is 0 Å². The van der Waals surface area contributed by atoms with Crippen LogP contribution in [-0.2, 0) is 14.8 Å². The van der Waals surface area contributed by atoms with Gasteiger partial charge in [-0.2, -0.15) is 5.26 Å². The molecule has 2 N–H and O–H groups in total. The second kappa shape index (κ2) is 10.9. The third-order valence-electron chi connectivity index (χ3n) is 6.15. The lowest BCUT2D eigenvalue weighted by Crippen LogP contribution is -2.36. The molecule has 9 heteroatoms. The number of benzene rings is 2. The van der Waals surface area contributed by atoms with Crippen LogP contribution in [-0.4, -0.2) is 52.5 Å². The largest absolute Gasteiger partial charge is 0.392 e. The molecule has 1 unspecified atom stereocenters. The summed E-state index contributed by atoms with van der Waals surface area (Å²) in [4.78, 5) is 3.70. The summed E-state index contributed by atoms with van der Waals surface area (Å²) in [6.45, 7) is 6.55. The number of ether oxygens (including phenoxy) is 1. The number of nitriles is 1. The normalized spacial score (nSPS) is 16.1. The maximum absolute atomic E-state index is 12.7. The van der Waals surface area contributed by atoms with Crippen LogP contribution < -0.4 is 9.62 Å². The zero-order chi connectivity index (χ0) is 25.0. The summed E-state index contributed by atoms with van der Waals surface area (Å²) in [7, 11) is -4.02. The molecule has 0 amide bonds. The lowest BCUT2D eigenvalue weighted by molar-refractivity contribution is 0.122. The van der Waals surface area contributed by atoms with Crippen molar-refractivity contribution in [3.05, 3.63) is 58.3 Å². The van der Waals surface area contributed by atoms with Crippen LogP contribution in [0.15, 0.2) is 53.4 Å². The first-order chi connectivity index (χ1) is 16.8. The Balaban J connectivity index is 1.59. The van der Waals surface area contributed by atoms with E-state index in [9.17, 15) is 18.8 Å². The van der Waals surface area contributed by atoms with Gasteiger partial charge >= 0.3 is 0 Å². The van der Waals surface area contributed by atoms with Gasteiger partial charge in [-0.25, -0.2) is 13.1 Å². The zero-order valence-corrected chi connectivity index (χ0v) is 21.5. The van der Waals surface area contributed by atoms with E-state index in [0.29, 0.717) is 16.9 Å². The predicted octanol–water partition coefficient (Wildman–Crippen LogP) is 4.35. The number of nitrogens with zero attached hydrogens (tertiary/aromatic N) is 2. The van der Waals surface area contributed by atoms with Crippen LogP contribution >= 0.6 is 11.3 Å². The van der Waals surface area contributed by atoms with Crippen molar-refractivity contribution in [1.82, 2.24) is 4.72 Å². The van der Waals surface area contributed by atoms with Gasteiger partial charge in [0, 0.05) is 35.1 Å². The summed E-state index contributed by atoms with van der Waals surface area (Å²) in [5.41, 5.74) is 2.61. The van der Waals surface area contributed by atoms with Crippen molar-refractivity contribution < 1.29 is 18.3 Å². The highest BCUT2D eigenvalue weighted by Crippen LogP contribution is 2.35. The number of rotatable bonds is 8. The van der Waals surface area contributed by atoms with Gasteiger partial charge in [-0.3, -0.25) is 0 Å². The molecular weight excluding hydrogens is 482 g/mol. The van der Waals surface area contributed by atoms with Crippen LogP contribution in [0.3, 0.4) is 0 Å². The van der Waals surface area contributed by atoms with E-state index < -0.39 is 16.1 Å². The van der Waals surface area contributed by atoms with Crippen LogP contribution in [0, 0.1) is 11.3 Å². The number of anilines is 1. The highest BCUT2D eigenvalue weighted by molar-refractivity contribution is 7.93. The molecule has 0 bridgehead atoms. The summed E-state index contributed by atoms with van der Waals surface area (Å²) >= 11 is 1.44. The average molecular weight is 512 g/mol. The zero-order valence-electron chi connectivity index (χ0n) is 19.8. The molecule has 4 rings (SSSR count). The van der Waals surface area contributed by atoms with Gasteiger partial charge in [-0.15, -0.1) is 11.3 Å². The molecule has 1 atom stereocenters. The molecule has 1 fully saturated rings. The molecule has 0 radical (unpaired) electrons. The van der Waals surface area contributed by atoms with E-state index >= 15 is 0 Å². The maximum Gasteiger partial charge on any atom is 0.251 e. The van der Waals surface area contributed by atoms with Gasteiger partial charge in [0.05, 0.1) is 19.3 Å². The lowest BCUT2D eigenvalue weighted by atomic mass is 10.0. The van der Waals surface area contributed by atoms with E-state index in [1.807, 2.05) is 18.2 Å². The van der Waals surface area contributed by atoms with Gasteiger partial charge in [0.25, 0.3) is 10.0 Å². The Hall–Kier alpha value is -2.74. The summed E-state index contributed by atoms with van der Waals surface area (Å²) in [5.74, 6) is 0. The Morgan fingerprint density at radius 2 is 1.89 bits per heavy atom. The van der Waals surface area contributed by atoms with Gasteiger partial charge in [0.15, 0.2) is 4.91 Å². The first-order valence-corrected chi connectivity index (χ1v) is 13.9. The van der Waals surface area contributed by atoms with Crippen molar-refractivity contribution in [2.75, 3.05) is 37.7 Å². The van der Waals surface area contributed by atoms with Gasteiger partial charge < -0.3 is 14.7 Å². The number of hydrogen-bond acceptors (Lipinski definition) is 7. The Labute approximate surface area is 210 Å². The number of nitrogens with one attached hydrogen (secondary N) is 1. The molecule has 2 aromatic carbocycles. The van der Waals surface area contributed by atoms with Crippen molar-refractivity contribution in [2.45, 2.75) is 26.4 Å². The molecule has 0 aliphatic carbocycles. The molecule has 0 saturated carbocycles. The van der Waals surface area contributed by atoms with Gasteiger partial charge in [-0.05, 0) is 65.6 Å². The van der Waals surface area contributed by atoms with Crippen molar-refractivity contribution in [2.24, 2.45) is 0 Å². The molecule has 2 heterocycles. The standard InChI is InChI=1S/C26H29N3O4S2/c1-3-23(30)17-28-35(31,32)26(16-27)18(2)24-8-9-25(34-24)21-5-4-20-15-22(7-6-19(20)14-21)29-10-12-33-13-11-29/h4-9,14-15,23,28,30H,3,10-13,17H2,1-2H3/b26-18+. The highest BCUT2D eigenvalue weighted by atomic mass is 32.2. The Bertz CT molecular complexity index is 1380. The van der Waals surface area contributed by atoms with E-state index in [4.69, 9.17) is 4.74 Å². The van der Waals surface area contributed by atoms with Crippen molar-refractivity contribution in [1.29, 1.82) is 5.26 Å². The van der Waals surface area contributed by atoms with E-state index in [1.54, 1.807) is 13.8 Å². The quantitative estimate of drug-likeness (QED) is 0.436. The van der Waals surface area contributed by atoms with Crippen LogP contribution in [0.25, 0.3) is 26.8 Å². The summed E-state index contributed by atoms with van der Waals surface area (Å²) in [5, 5.41) is 21.5. The molecule has 184 valence electrons. The maximum atomic E-state index is 12.7. The minimum Gasteiger partial charge on any atom is -0.392 e. The number of hydrogen-bond donors (Lipinski definition) is 2. The fraction of sp³-hybridized carbons (Fsp3) is 0.346. The first kappa shape index (κ1) is 25.4. The van der Waals surface area contributed by atoms with Gasteiger partial charge in [-0.1, -0.05) is 25.1 Å². The van der Waals surface area contributed by atoms with Crippen molar-refractivity contribution >= 4 is 43.4 Å². The Morgan fingerprint density at radius 3 is 2.60 bits per heavy atom. The van der Waals surface area contributed by atoms with Crippen LogP contribution in [0.1, 0.15) is 25.1 Å². The molecule has 1 aromatic heterocycles. The number of sulfonamides is 1. The average Bonchev–Trinajstić information content (AvgIpc) is 3.38. The number of aliphatic hydroxyl groups is 1. The minimum atomic E-state index is -4.02. The fourth-order valence-electron chi connectivity index (χ4n) is 3.98. The first-order valence-electron chi connectivity index (χ1n) is 11.6. The Kier molecular flexibility index (Phi) is 7.89.